The van der Waals surface area contributed by atoms with E-state index >= 15 is 0 Å². The van der Waals surface area contributed by atoms with E-state index in [-0.39, 0.29) is 5.91 Å². The van der Waals surface area contributed by atoms with Gasteiger partial charge >= 0.3 is 11.5 Å². The van der Waals surface area contributed by atoms with Crippen LogP contribution in [0.25, 0.3) is 22.7 Å². The van der Waals surface area contributed by atoms with Gasteiger partial charge in [0.05, 0.1) is 18.2 Å². The Morgan fingerprint density at radius 2 is 1.92 bits per heavy atom. The second-order valence-electron chi connectivity index (χ2n) is 5.69. The van der Waals surface area contributed by atoms with Crippen LogP contribution in [-0.4, -0.2) is 10.9 Å². The highest BCUT2D eigenvalue weighted by atomic mass is 16.3. The maximum absolute atomic E-state index is 12.2. The number of hydrogen-bond donors (Lipinski definition) is 1. The van der Waals surface area contributed by atoms with Gasteiger partial charge in [0.2, 0.25) is 11.5 Å². The van der Waals surface area contributed by atoms with Crippen LogP contribution >= 0.6 is 0 Å². The Bertz CT molecular complexity index is 992. The zero-order valence-electron chi connectivity index (χ0n) is 13.4. The van der Waals surface area contributed by atoms with Gasteiger partial charge in [-0.15, -0.1) is 0 Å². The predicted molar refractivity (Wildman–Crippen MR) is 94.8 cm³/mol. The third kappa shape index (κ3) is 3.40. The third-order valence-corrected chi connectivity index (χ3v) is 3.82. The molecule has 0 aliphatic rings. The number of benzene rings is 2. The van der Waals surface area contributed by atoms with Gasteiger partial charge in [-0.1, -0.05) is 36.4 Å². The van der Waals surface area contributed by atoms with Crippen molar-refractivity contribution in [2.75, 3.05) is 5.32 Å². The van der Waals surface area contributed by atoms with Crippen LogP contribution < -0.4 is 10.3 Å². The lowest BCUT2D eigenvalue weighted by Crippen LogP contribution is -2.14. The molecule has 0 radical (unpaired) electrons. The van der Waals surface area contributed by atoms with Gasteiger partial charge in [-0.05, 0) is 35.9 Å². The fourth-order valence-electron chi connectivity index (χ4n) is 2.65. The molecule has 0 saturated carbocycles. The lowest BCUT2D eigenvalue weighted by molar-refractivity contribution is -0.347. The van der Waals surface area contributed by atoms with Crippen LogP contribution in [-0.2, 0) is 11.2 Å². The number of nitrogens with zero attached hydrogens (tertiary/aromatic N) is 1. The minimum Gasteiger partial charge on any atom is -0.411 e. The number of H-pyrrole nitrogens is 1. The zero-order valence-corrected chi connectivity index (χ0v) is 13.4. The molecule has 2 N–H and O–H groups in total. The summed E-state index contributed by atoms with van der Waals surface area (Å²) < 4.78 is 5.75. The highest BCUT2D eigenvalue weighted by Gasteiger charge is 2.16. The van der Waals surface area contributed by atoms with Crippen LogP contribution in [0.1, 0.15) is 5.56 Å². The van der Waals surface area contributed by atoms with Crippen molar-refractivity contribution in [3.8, 4) is 11.5 Å². The summed E-state index contributed by atoms with van der Waals surface area (Å²) >= 11 is 0. The molecule has 0 unspecified atom stereocenters. The molecule has 5 heteroatoms. The van der Waals surface area contributed by atoms with Crippen molar-refractivity contribution < 1.29 is 14.2 Å². The van der Waals surface area contributed by atoms with E-state index in [0.29, 0.717) is 29.2 Å². The Kier molecular flexibility index (Phi) is 3.96. The van der Waals surface area contributed by atoms with Crippen LogP contribution in [0.15, 0.2) is 77.3 Å². The summed E-state index contributed by atoms with van der Waals surface area (Å²) in [5, 5.41) is 2.92. The maximum Gasteiger partial charge on any atom is 0.368 e. The molecule has 0 saturated heterocycles. The largest absolute Gasteiger partial charge is 0.411 e. The SMILES string of the molecule is O=C(Cc1ccccc1)Nc1cccc(-c2nc3[nH+]cccc3o2)c1. The summed E-state index contributed by atoms with van der Waals surface area (Å²) in [4.78, 5) is 19.7. The molecule has 0 fully saturated rings. The molecule has 25 heavy (non-hydrogen) atoms. The second kappa shape index (κ2) is 6.57. The molecule has 0 bridgehead atoms. The van der Waals surface area contributed by atoms with Gasteiger partial charge in [-0.2, -0.15) is 0 Å². The molecule has 1 amide bonds. The van der Waals surface area contributed by atoms with Crippen LogP contribution in [0.4, 0.5) is 5.69 Å². The molecule has 2 aromatic carbocycles. The molecular weight excluding hydrogens is 314 g/mol. The normalized spacial score (nSPS) is 10.7. The average molecular weight is 330 g/mol. The number of carbonyl (C=O) groups is 1. The zero-order chi connectivity index (χ0) is 17.1. The van der Waals surface area contributed by atoms with Gasteiger partial charge in [0.25, 0.3) is 0 Å². The first-order valence-corrected chi connectivity index (χ1v) is 7.99. The minimum absolute atomic E-state index is 0.0609. The van der Waals surface area contributed by atoms with Crippen molar-refractivity contribution in [3.63, 3.8) is 0 Å². The summed E-state index contributed by atoms with van der Waals surface area (Å²) in [7, 11) is 0. The quantitative estimate of drug-likeness (QED) is 0.623. The Hall–Kier alpha value is -3.47. The molecule has 0 spiro atoms. The van der Waals surface area contributed by atoms with Crippen LogP contribution in [0.3, 0.4) is 0 Å². The first-order chi connectivity index (χ1) is 12.3. The molecule has 0 aliphatic carbocycles. The van der Waals surface area contributed by atoms with E-state index in [4.69, 9.17) is 4.42 Å². The van der Waals surface area contributed by atoms with Gasteiger partial charge < -0.3 is 9.73 Å². The molecule has 0 atom stereocenters. The maximum atomic E-state index is 12.2. The molecule has 122 valence electrons. The lowest BCUT2D eigenvalue weighted by atomic mass is 10.1. The number of oxazole rings is 1. The lowest BCUT2D eigenvalue weighted by Gasteiger charge is -2.05. The van der Waals surface area contributed by atoms with Crippen molar-refractivity contribution >= 4 is 22.8 Å². The van der Waals surface area contributed by atoms with E-state index in [1.165, 1.54) is 0 Å². The van der Waals surface area contributed by atoms with Crippen molar-refractivity contribution in [1.82, 2.24) is 4.98 Å². The van der Waals surface area contributed by atoms with Gasteiger partial charge in [-0.25, -0.2) is 4.98 Å². The van der Waals surface area contributed by atoms with Crippen molar-refractivity contribution in [1.29, 1.82) is 0 Å². The number of nitrogens with one attached hydrogen (secondary N) is 2. The molecular formula is C20H16N3O2+. The highest BCUT2D eigenvalue weighted by Crippen LogP contribution is 2.24. The number of aromatic nitrogens is 2. The number of pyridine rings is 1. The van der Waals surface area contributed by atoms with E-state index in [1.54, 1.807) is 6.20 Å². The van der Waals surface area contributed by atoms with E-state index in [1.807, 2.05) is 66.7 Å². The van der Waals surface area contributed by atoms with Crippen molar-refractivity contribution in [3.05, 3.63) is 78.5 Å². The summed E-state index contributed by atoms with van der Waals surface area (Å²) in [6, 6.07) is 20.8. The topological polar surface area (TPSA) is 69.3 Å². The standard InChI is InChI=1S/C20H15N3O2/c24-18(12-14-6-2-1-3-7-14)22-16-9-4-8-15(13-16)20-23-19-17(25-20)10-5-11-21-19/h1-11,13H,12H2,(H,22,24)/p+1. The number of carbonyl (C=O) groups excluding carboxylic acids is 1. The number of hydrogen-bond acceptors (Lipinski definition) is 3. The third-order valence-electron chi connectivity index (χ3n) is 3.82. The molecule has 4 rings (SSSR count). The molecule has 2 heterocycles. The number of amides is 1. The fraction of sp³-hybridized carbons (Fsp3) is 0.0500. The number of rotatable bonds is 4. The minimum atomic E-state index is -0.0609. The first kappa shape index (κ1) is 15.1. The molecule has 5 nitrogen and oxygen atoms in total. The molecule has 0 aliphatic heterocycles. The van der Waals surface area contributed by atoms with Gasteiger partial charge in [0.1, 0.15) is 0 Å². The number of fused-ring (bicyclic) bond motifs is 1. The Labute approximate surface area is 144 Å². The first-order valence-electron chi connectivity index (χ1n) is 7.99. The van der Waals surface area contributed by atoms with Crippen molar-refractivity contribution in [2.24, 2.45) is 0 Å². The average Bonchev–Trinajstić information content (AvgIpc) is 3.07. The molecule has 2 aromatic heterocycles. The Morgan fingerprint density at radius 3 is 2.76 bits per heavy atom. The van der Waals surface area contributed by atoms with Gasteiger partial charge in [0, 0.05) is 10.7 Å². The summed E-state index contributed by atoms with van der Waals surface area (Å²) in [5.41, 5.74) is 3.88. The summed E-state index contributed by atoms with van der Waals surface area (Å²) in [6.45, 7) is 0. The van der Waals surface area contributed by atoms with Crippen LogP contribution in [0.5, 0.6) is 0 Å². The van der Waals surface area contributed by atoms with E-state index in [2.05, 4.69) is 15.3 Å². The van der Waals surface area contributed by atoms with E-state index in [9.17, 15) is 4.79 Å². The van der Waals surface area contributed by atoms with Crippen molar-refractivity contribution in [2.45, 2.75) is 6.42 Å². The second-order valence-corrected chi connectivity index (χ2v) is 5.69. The van der Waals surface area contributed by atoms with Gasteiger partial charge in [-0.3, -0.25) is 4.79 Å². The smallest absolute Gasteiger partial charge is 0.368 e. The summed E-state index contributed by atoms with van der Waals surface area (Å²) in [5.74, 6) is 0.450. The number of anilines is 1. The summed E-state index contributed by atoms with van der Waals surface area (Å²) in [6.07, 6.45) is 2.14. The monoisotopic (exact) mass is 330 g/mol. The van der Waals surface area contributed by atoms with Gasteiger partial charge in [0.15, 0.2) is 0 Å². The number of aromatic amines is 1. The Morgan fingerprint density at radius 1 is 1.04 bits per heavy atom. The molecule has 4 aromatic rings. The van der Waals surface area contributed by atoms with Crippen LogP contribution in [0.2, 0.25) is 0 Å². The fourth-order valence-corrected chi connectivity index (χ4v) is 2.65. The van der Waals surface area contributed by atoms with E-state index < -0.39 is 0 Å². The highest BCUT2D eigenvalue weighted by molar-refractivity contribution is 5.92. The Balaban J connectivity index is 1.54. The predicted octanol–water partition coefficient (Wildman–Crippen LogP) is 3.49. The van der Waals surface area contributed by atoms with E-state index in [0.717, 1.165) is 11.1 Å². The van der Waals surface area contributed by atoms with Crippen LogP contribution in [0, 0.1) is 0 Å².